The highest BCUT2D eigenvalue weighted by Crippen LogP contribution is 2.24. The normalized spacial score (nSPS) is 12.3. The Balaban J connectivity index is 1.75. The summed E-state index contributed by atoms with van der Waals surface area (Å²) in [5.41, 5.74) is 4.41. The lowest BCUT2D eigenvalue weighted by atomic mass is 10.00. The van der Waals surface area contributed by atoms with Crippen LogP contribution in [0, 0.1) is 19.7 Å². The molecule has 0 saturated heterocycles. The third-order valence-corrected chi connectivity index (χ3v) is 6.43. The summed E-state index contributed by atoms with van der Waals surface area (Å²) in [6, 6.07) is 18.3. The fourth-order valence-corrected chi connectivity index (χ4v) is 4.52. The Hall–Kier alpha value is -3.19. The van der Waals surface area contributed by atoms with Crippen LogP contribution in [0.25, 0.3) is 0 Å². The molecule has 1 atom stereocenters. The summed E-state index contributed by atoms with van der Waals surface area (Å²) in [7, 11) is -3.70. The van der Waals surface area contributed by atoms with Crippen molar-refractivity contribution in [3.63, 3.8) is 0 Å². The molecule has 0 heterocycles. The zero-order valence-corrected chi connectivity index (χ0v) is 19.4. The molecular formula is C25H27FN2O3S. The fraction of sp³-hybridized carbons (Fsp3) is 0.240. The maximum Gasteiger partial charge on any atom is 0.251 e. The largest absolute Gasteiger partial charge is 0.346 e. The number of amides is 1. The van der Waals surface area contributed by atoms with Crippen LogP contribution in [0.3, 0.4) is 0 Å². The molecule has 1 unspecified atom stereocenters. The molecule has 0 bridgehead atoms. The fourth-order valence-electron chi connectivity index (χ4n) is 3.63. The van der Waals surface area contributed by atoms with Gasteiger partial charge >= 0.3 is 0 Å². The number of hydrogen-bond acceptors (Lipinski definition) is 3. The van der Waals surface area contributed by atoms with Crippen molar-refractivity contribution in [1.29, 1.82) is 0 Å². The van der Waals surface area contributed by atoms with Crippen molar-refractivity contribution in [3.8, 4) is 0 Å². The molecule has 7 heteroatoms. The number of sulfonamides is 1. The second-order valence-corrected chi connectivity index (χ2v) is 9.88. The van der Waals surface area contributed by atoms with E-state index >= 15 is 0 Å². The van der Waals surface area contributed by atoms with Crippen molar-refractivity contribution in [3.05, 3.63) is 100 Å². The Morgan fingerprint density at radius 2 is 1.69 bits per heavy atom. The van der Waals surface area contributed by atoms with Crippen LogP contribution in [0.5, 0.6) is 0 Å². The molecule has 0 aliphatic carbocycles. The van der Waals surface area contributed by atoms with E-state index in [4.69, 9.17) is 0 Å². The predicted octanol–water partition coefficient (Wildman–Crippen LogP) is 4.90. The number of nitrogens with one attached hydrogen (secondary N) is 1. The third-order valence-electron chi connectivity index (χ3n) is 5.30. The van der Waals surface area contributed by atoms with Crippen molar-refractivity contribution < 1.29 is 17.6 Å². The molecule has 0 aromatic heterocycles. The molecule has 0 aliphatic rings. The number of para-hydroxylation sites is 1. The maximum absolute atomic E-state index is 14.2. The van der Waals surface area contributed by atoms with Gasteiger partial charge in [0.25, 0.3) is 5.91 Å². The maximum atomic E-state index is 14.2. The van der Waals surface area contributed by atoms with Crippen LogP contribution in [0.2, 0.25) is 0 Å². The van der Waals surface area contributed by atoms with Crippen LogP contribution in [-0.2, 0) is 16.6 Å². The first-order chi connectivity index (χ1) is 15.1. The lowest BCUT2D eigenvalue weighted by molar-refractivity contribution is 0.0940. The molecule has 5 nitrogen and oxygen atoms in total. The van der Waals surface area contributed by atoms with Gasteiger partial charge in [0.15, 0.2) is 0 Å². The SMILES string of the molecule is Cc1ccc(C(C)NC(=O)c2ccc(CN(c3ccccc3F)S(C)(=O)=O)cc2)c(C)c1. The van der Waals surface area contributed by atoms with Crippen molar-refractivity contribution in [2.45, 2.75) is 33.4 Å². The summed E-state index contributed by atoms with van der Waals surface area (Å²) in [5, 5.41) is 3.00. The third kappa shape index (κ3) is 5.53. The number of anilines is 1. The van der Waals surface area contributed by atoms with Gasteiger partial charge in [0.2, 0.25) is 10.0 Å². The summed E-state index contributed by atoms with van der Waals surface area (Å²) in [6.07, 6.45) is 1.04. The van der Waals surface area contributed by atoms with Crippen molar-refractivity contribution in [1.82, 2.24) is 5.32 Å². The molecule has 0 fully saturated rings. The number of aryl methyl sites for hydroxylation is 2. The second kappa shape index (κ2) is 9.53. The van der Waals surface area contributed by atoms with Gasteiger partial charge in [-0.3, -0.25) is 9.10 Å². The Morgan fingerprint density at radius 3 is 2.28 bits per heavy atom. The van der Waals surface area contributed by atoms with Gasteiger partial charge in [0.1, 0.15) is 5.82 Å². The van der Waals surface area contributed by atoms with Crippen LogP contribution in [0.4, 0.5) is 10.1 Å². The lowest BCUT2D eigenvalue weighted by Crippen LogP contribution is -2.30. The average molecular weight is 455 g/mol. The van der Waals surface area contributed by atoms with Crippen molar-refractivity contribution >= 4 is 21.6 Å². The van der Waals surface area contributed by atoms with Gasteiger partial charge < -0.3 is 5.32 Å². The summed E-state index contributed by atoms with van der Waals surface area (Å²) >= 11 is 0. The first-order valence-corrected chi connectivity index (χ1v) is 12.1. The van der Waals surface area contributed by atoms with Gasteiger partial charge in [-0.1, -0.05) is 48.0 Å². The topological polar surface area (TPSA) is 66.5 Å². The molecular weight excluding hydrogens is 427 g/mol. The van der Waals surface area contributed by atoms with E-state index in [0.29, 0.717) is 11.1 Å². The van der Waals surface area contributed by atoms with Gasteiger partial charge in [0, 0.05) is 5.56 Å². The first kappa shape index (κ1) is 23.5. The molecule has 0 radical (unpaired) electrons. The predicted molar refractivity (Wildman–Crippen MR) is 126 cm³/mol. The molecule has 1 N–H and O–H groups in total. The molecule has 0 aliphatic heterocycles. The zero-order chi connectivity index (χ0) is 23.5. The van der Waals surface area contributed by atoms with Gasteiger partial charge in [-0.25, -0.2) is 12.8 Å². The minimum absolute atomic E-state index is 0.0147. The molecule has 0 saturated carbocycles. The second-order valence-electron chi connectivity index (χ2n) is 7.97. The van der Waals surface area contributed by atoms with Crippen LogP contribution < -0.4 is 9.62 Å². The van der Waals surface area contributed by atoms with Gasteiger partial charge in [-0.15, -0.1) is 0 Å². The zero-order valence-electron chi connectivity index (χ0n) is 18.6. The molecule has 1 amide bonds. The number of hydrogen-bond donors (Lipinski definition) is 1. The smallest absolute Gasteiger partial charge is 0.251 e. The monoisotopic (exact) mass is 454 g/mol. The van der Waals surface area contributed by atoms with E-state index < -0.39 is 15.8 Å². The number of benzene rings is 3. The van der Waals surface area contributed by atoms with E-state index in [-0.39, 0.29) is 24.2 Å². The Morgan fingerprint density at radius 1 is 1.03 bits per heavy atom. The quantitative estimate of drug-likeness (QED) is 0.552. The van der Waals surface area contributed by atoms with Crippen LogP contribution in [0.1, 0.15) is 45.6 Å². The van der Waals surface area contributed by atoms with E-state index in [1.165, 1.54) is 23.8 Å². The van der Waals surface area contributed by atoms with Crippen molar-refractivity contribution in [2.75, 3.05) is 10.6 Å². The molecule has 3 rings (SSSR count). The van der Waals surface area contributed by atoms with Gasteiger partial charge in [-0.05, 0) is 61.7 Å². The molecule has 0 spiro atoms. The van der Waals surface area contributed by atoms with Gasteiger partial charge in [-0.2, -0.15) is 0 Å². The molecule has 3 aromatic rings. The van der Waals surface area contributed by atoms with Crippen LogP contribution in [0.15, 0.2) is 66.7 Å². The Kier molecular flexibility index (Phi) is 6.99. The number of carbonyl (C=O) groups excluding carboxylic acids is 1. The van der Waals surface area contributed by atoms with E-state index in [1.807, 2.05) is 32.9 Å². The van der Waals surface area contributed by atoms with Gasteiger partial charge in [0.05, 0.1) is 24.5 Å². The van der Waals surface area contributed by atoms with E-state index in [1.54, 1.807) is 30.3 Å². The number of carbonyl (C=O) groups is 1. The van der Waals surface area contributed by atoms with E-state index in [2.05, 4.69) is 11.4 Å². The number of halogens is 1. The molecule has 32 heavy (non-hydrogen) atoms. The lowest BCUT2D eigenvalue weighted by Gasteiger charge is -2.23. The number of nitrogens with zero attached hydrogens (tertiary/aromatic N) is 1. The summed E-state index contributed by atoms with van der Waals surface area (Å²) in [5.74, 6) is -0.840. The minimum atomic E-state index is -3.70. The summed E-state index contributed by atoms with van der Waals surface area (Å²) < 4.78 is 39.7. The molecule has 168 valence electrons. The summed E-state index contributed by atoms with van der Waals surface area (Å²) in [6.45, 7) is 5.94. The van der Waals surface area contributed by atoms with E-state index in [9.17, 15) is 17.6 Å². The highest BCUT2D eigenvalue weighted by molar-refractivity contribution is 7.92. The minimum Gasteiger partial charge on any atom is -0.346 e. The van der Waals surface area contributed by atoms with Crippen LogP contribution in [-0.4, -0.2) is 20.6 Å². The average Bonchev–Trinajstić information content (AvgIpc) is 2.72. The Labute approximate surface area is 188 Å². The number of rotatable bonds is 7. The summed E-state index contributed by atoms with van der Waals surface area (Å²) in [4.78, 5) is 12.7. The standard InChI is InChI=1S/C25H27FN2O3S/c1-17-9-14-22(18(2)15-17)19(3)27-25(29)21-12-10-20(11-13-21)16-28(32(4,30)31)24-8-6-5-7-23(24)26/h5-15,19H,16H2,1-4H3,(H,27,29). The van der Waals surface area contributed by atoms with Crippen molar-refractivity contribution in [2.24, 2.45) is 0 Å². The van der Waals surface area contributed by atoms with Crippen LogP contribution >= 0.6 is 0 Å². The van der Waals surface area contributed by atoms with E-state index in [0.717, 1.165) is 21.7 Å². The highest BCUT2D eigenvalue weighted by atomic mass is 32.2. The first-order valence-electron chi connectivity index (χ1n) is 10.3. The highest BCUT2D eigenvalue weighted by Gasteiger charge is 2.21. The Bertz CT molecular complexity index is 1220. The molecule has 3 aromatic carbocycles.